The molecule has 0 saturated heterocycles. The first kappa shape index (κ1) is 11.8. The van der Waals surface area contributed by atoms with Crippen molar-refractivity contribution >= 4 is 18.0 Å². The van der Waals surface area contributed by atoms with Crippen molar-refractivity contribution in [3.05, 3.63) is 64.5 Å². The van der Waals surface area contributed by atoms with Gasteiger partial charge in [0.2, 0.25) is 0 Å². The Morgan fingerprint density at radius 1 is 1.11 bits per heavy atom. The molecule has 0 radical (unpaired) electrons. The van der Waals surface area contributed by atoms with Gasteiger partial charge in [-0.05, 0) is 17.7 Å². The molecule has 0 unspecified atom stereocenters. The number of aromatic nitrogens is 1. The van der Waals surface area contributed by atoms with Gasteiger partial charge in [-0.15, -0.1) is 0 Å². The third-order valence-electron chi connectivity index (χ3n) is 2.38. The smallest absolute Gasteiger partial charge is 0.281 e. The van der Waals surface area contributed by atoms with Crippen molar-refractivity contribution in [2.45, 2.75) is 0 Å². The second-order valence-corrected chi connectivity index (χ2v) is 3.67. The molecule has 0 bridgehead atoms. The highest BCUT2D eigenvalue weighted by Crippen LogP contribution is 2.10. The molecule has 0 spiro atoms. The number of phenolic OH excluding ortho intramolecular Hbond substituents is 1. The number of hydrogen-bond acceptors (Lipinski definition) is 3. The largest absolute Gasteiger partial charge is 0.508 e. The molecule has 2 aromatic rings. The number of hydrogen-bond donors (Lipinski definition) is 1. The zero-order valence-corrected chi connectivity index (χ0v) is 9.43. The lowest BCUT2D eigenvalue weighted by Crippen LogP contribution is -2.23. The molecule has 0 atom stereocenters. The van der Waals surface area contributed by atoms with Crippen LogP contribution in [0.25, 0.3) is 12.3 Å². The molecule has 90 valence electrons. The van der Waals surface area contributed by atoms with E-state index in [2.05, 4.69) is 0 Å². The van der Waals surface area contributed by atoms with Crippen LogP contribution in [0.1, 0.15) is 5.56 Å². The van der Waals surface area contributed by atoms with Gasteiger partial charge in [0.1, 0.15) is 5.75 Å². The fraction of sp³-hybridized carbons (Fsp3) is 0. The van der Waals surface area contributed by atoms with Gasteiger partial charge in [-0.25, -0.2) is 0 Å². The Hall–Kier alpha value is -2.69. The van der Waals surface area contributed by atoms with Crippen LogP contribution in [-0.4, -0.2) is 10.0 Å². The molecule has 1 aromatic heterocycles. The van der Waals surface area contributed by atoms with Gasteiger partial charge >= 0.3 is 0 Å². The molecule has 0 aliphatic rings. The normalized spacial score (nSPS) is 10.7. The summed E-state index contributed by atoms with van der Waals surface area (Å²) in [6.45, 7) is 0. The minimum atomic E-state index is -0.436. The van der Waals surface area contributed by atoms with Crippen molar-refractivity contribution in [1.82, 2.24) is 0 Å². The molecule has 1 N–H and O–H groups in total. The number of phenols is 1. The molecule has 5 heteroatoms. The molecule has 5 nitrogen and oxygen atoms in total. The van der Waals surface area contributed by atoms with Crippen molar-refractivity contribution in [1.29, 1.82) is 0 Å². The maximum absolute atomic E-state index is 10.5. The van der Waals surface area contributed by atoms with E-state index in [1.807, 2.05) is 6.08 Å². The highest BCUT2D eigenvalue weighted by molar-refractivity contribution is 5.57. The summed E-state index contributed by atoms with van der Waals surface area (Å²) >= 11 is 0. The van der Waals surface area contributed by atoms with Gasteiger partial charge in [0.25, 0.3) is 5.69 Å². The molecule has 1 aromatic carbocycles. The number of nitro groups is 1. The molecule has 2 rings (SSSR count). The van der Waals surface area contributed by atoms with Gasteiger partial charge in [-0.1, -0.05) is 12.1 Å². The van der Waals surface area contributed by atoms with Crippen LogP contribution in [0.3, 0.4) is 0 Å². The van der Waals surface area contributed by atoms with Gasteiger partial charge in [-0.2, -0.15) is 4.57 Å². The van der Waals surface area contributed by atoms with Gasteiger partial charge in [0.05, 0.1) is 17.1 Å². The minimum absolute atomic E-state index is 0.0595. The summed E-state index contributed by atoms with van der Waals surface area (Å²) in [5.41, 5.74) is 0.989. The fourth-order valence-electron chi connectivity index (χ4n) is 1.41. The van der Waals surface area contributed by atoms with Gasteiger partial charge in [0.15, 0.2) is 18.6 Å². The molecule has 0 amide bonds. The summed E-state index contributed by atoms with van der Waals surface area (Å²) in [6.07, 6.45) is 6.82. The summed E-state index contributed by atoms with van der Waals surface area (Å²) in [7, 11) is 0. The van der Waals surface area contributed by atoms with E-state index in [-0.39, 0.29) is 11.4 Å². The van der Waals surface area contributed by atoms with Crippen LogP contribution >= 0.6 is 0 Å². The highest BCUT2D eigenvalue weighted by atomic mass is 16.6. The number of rotatable bonds is 3. The lowest BCUT2D eigenvalue weighted by atomic mass is 10.2. The summed E-state index contributed by atoms with van der Waals surface area (Å²) in [5.74, 6) is 0.218. The van der Waals surface area contributed by atoms with E-state index in [4.69, 9.17) is 5.11 Å². The number of pyridine rings is 1. The van der Waals surface area contributed by atoms with E-state index in [0.717, 1.165) is 5.56 Å². The minimum Gasteiger partial charge on any atom is -0.508 e. The predicted molar refractivity (Wildman–Crippen MR) is 66.6 cm³/mol. The van der Waals surface area contributed by atoms with Crippen LogP contribution in [-0.2, 0) is 0 Å². The van der Waals surface area contributed by atoms with Gasteiger partial charge in [-0.3, -0.25) is 10.1 Å². The first-order valence-electron chi connectivity index (χ1n) is 5.27. The first-order chi connectivity index (χ1) is 8.65. The third-order valence-corrected chi connectivity index (χ3v) is 2.38. The fourth-order valence-corrected chi connectivity index (χ4v) is 1.41. The van der Waals surface area contributed by atoms with Crippen molar-refractivity contribution < 1.29 is 14.6 Å². The van der Waals surface area contributed by atoms with Crippen molar-refractivity contribution in [2.75, 3.05) is 0 Å². The van der Waals surface area contributed by atoms with Crippen LogP contribution in [0.2, 0.25) is 0 Å². The van der Waals surface area contributed by atoms with E-state index in [0.29, 0.717) is 0 Å². The Bertz CT molecular complexity index is 574. The predicted octanol–water partition coefficient (Wildman–Crippen LogP) is 2.22. The standard InChI is InChI=1S/C13H10N2O3/c16-13-3-1-11(2-4-13)5-8-14-9-6-12(7-10-14)15(17)18/h1-10H/p+1/b8-5+. The van der Waals surface area contributed by atoms with Crippen LogP contribution in [0.4, 0.5) is 5.69 Å². The Labute approximate surface area is 103 Å². The average molecular weight is 243 g/mol. The van der Waals surface area contributed by atoms with E-state index in [1.165, 1.54) is 12.1 Å². The molecule has 0 aliphatic carbocycles. The zero-order valence-electron chi connectivity index (χ0n) is 9.43. The maximum Gasteiger partial charge on any atom is 0.281 e. The lowest BCUT2D eigenvalue weighted by Gasteiger charge is -1.92. The van der Waals surface area contributed by atoms with Crippen molar-refractivity contribution in [2.24, 2.45) is 0 Å². The lowest BCUT2D eigenvalue weighted by molar-refractivity contribution is -0.568. The molecular formula is C13H11N2O3+. The highest BCUT2D eigenvalue weighted by Gasteiger charge is 2.06. The summed E-state index contributed by atoms with van der Waals surface area (Å²) in [6, 6.07) is 9.61. The van der Waals surface area contributed by atoms with Gasteiger partial charge < -0.3 is 5.11 Å². The molecule has 0 aliphatic heterocycles. The third kappa shape index (κ3) is 2.91. The van der Waals surface area contributed by atoms with E-state index in [1.54, 1.807) is 47.4 Å². The van der Waals surface area contributed by atoms with E-state index in [9.17, 15) is 10.1 Å². The first-order valence-corrected chi connectivity index (χ1v) is 5.27. The molecule has 1 heterocycles. The Balaban J connectivity index is 2.13. The number of nitrogens with zero attached hydrogens (tertiary/aromatic N) is 2. The molecule has 0 saturated carbocycles. The van der Waals surface area contributed by atoms with Crippen molar-refractivity contribution in [3.8, 4) is 5.75 Å². The van der Waals surface area contributed by atoms with Crippen LogP contribution in [0, 0.1) is 10.1 Å². The second kappa shape index (κ2) is 5.09. The zero-order chi connectivity index (χ0) is 13.0. The quantitative estimate of drug-likeness (QED) is 0.510. The number of aromatic hydroxyl groups is 1. The molecule has 18 heavy (non-hydrogen) atoms. The topological polar surface area (TPSA) is 67.2 Å². The summed E-state index contributed by atoms with van der Waals surface area (Å²) in [4.78, 5) is 10.0. The molecule has 0 fully saturated rings. The monoisotopic (exact) mass is 243 g/mol. The Morgan fingerprint density at radius 2 is 1.72 bits per heavy atom. The second-order valence-electron chi connectivity index (χ2n) is 3.67. The van der Waals surface area contributed by atoms with E-state index >= 15 is 0 Å². The van der Waals surface area contributed by atoms with Gasteiger partial charge in [0, 0.05) is 6.08 Å². The summed E-state index contributed by atoms with van der Waals surface area (Å²) < 4.78 is 1.71. The summed E-state index contributed by atoms with van der Waals surface area (Å²) in [5, 5.41) is 19.6. The van der Waals surface area contributed by atoms with E-state index < -0.39 is 4.92 Å². The van der Waals surface area contributed by atoms with Crippen LogP contribution in [0.5, 0.6) is 5.75 Å². The maximum atomic E-state index is 10.5. The number of benzene rings is 1. The molecular weight excluding hydrogens is 232 g/mol. The SMILES string of the molecule is O=[N+]([O-])c1cc[n+](/C=C/c2ccc(O)cc2)cc1. The average Bonchev–Trinajstić information content (AvgIpc) is 2.38. The Morgan fingerprint density at radius 3 is 2.28 bits per heavy atom. The van der Waals surface area contributed by atoms with Crippen molar-refractivity contribution in [3.63, 3.8) is 0 Å². The Kier molecular flexibility index (Phi) is 3.33. The van der Waals surface area contributed by atoms with Crippen LogP contribution < -0.4 is 4.57 Å². The van der Waals surface area contributed by atoms with Crippen LogP contribution in [0.15, 0.2) is 48.8 Å².